The van der Waals surface area contributed by atoms with Crippen molar-refractivity contribution in [1.82, 2.24) is 4.90 Å². The highest BCUT2D eigenvalue weighted by molar-refractivity contribution is 5.94. The van der Waals surface area contributed by atoms with Crippen LogP contribution in [-0.2, 0) is 17.6 Å². The Morgan fingerprint density at radius 2 is 1.97 bits per heavy atom. The Morgan fingerprint density at radius 3 is 2.72 bits per heavy atom. The van der Waals surface area contributed by atoms with E-state index in [2.05, 4.69) is 48.2 Å². The molecule has 0 bridgehead atoms. The molecule has 0 spiro atoms. The molecule has 2 aromatic rings. The minimum atomic E-state index is 0.139. The van der Waals surface area contributed by atoms with Crippen molar-refractivity contribution in [3.63, 3.8) is 0 Å². The number of hydrogen-bond acceptors (Lipinski definition) is 3. The normalized spacial score (nSPS) is 15.9. The SMILES string of the molecule is CC(=O)c1ccc2c(c1)CCCC2N(CCCCC=O)CCc1ccccc1C. The van der Waals surface area contributed by atoms with Gasteiger partial charge in [0, 0.05) is 24.6 Å². The number of aldehydes is 1. The van der Waals surface area contributed by atoms with E-state index < -0.39 is 0 Å². The highest BCUT2D eigenvalue weighted by Gasteiger charge is 2.26. The van der Waals surface area contributed by atoms with Crippen LogP contribution < -0.4 is 0 Å². The van der Waals surface area contributed by atoms with Crippen LogP contribution in [-0.4, -0.2) is 30.1 Å². The number of carbonyl (C=O) groups is 2. The molecule has 1 aliphatic carbocycles. The van der Waals surface area contributed by atoms with Gasteiger partial charge in [-0.25, -0.2) is 0 Å². The maximum Gasteiger partial charge on any atom is 0.159 e. The summed E-state index contributed by atoms with van der Waals surface area (Å²) in [4.78, 5) is 25.1. The Bertz CT molecular complexity index is 842. The van der Waals surface area contributed by atoms with Crippen LogP contribution in [0.15, 0.2) is 42.5 Å². The van der Waals surface area contributed by atoms with Gasteiger partial charge in [-0.05, 0) is 87.2 Å². The molecule has 1 atom stereocenters. The topological polar surface area (TPSA) is 37.4 Å². The number of nitrogens with zero attached hydrogens (tertiary/aromatic N) is 1. The van der Waals surface area contributed by atoms with Gasteiger partial charge in [0.2, 0.25) is 0 Å². The van der Waals surface area contributed by atoms with E-state index in [1.165, 1.54) is 22.3 Å². The fraction of sp³-hybridized carbons (Fsp3) is 0.462. The van der Waals surface area contributed by atoms with Crippen LogP contribution in [0.4, 0.5) is 0 Å². The Labute approximate surface area is 175 Å². The van der Waals surface area contributed by atoms with Crippen LogP contribution >= 0.6 is 0 Å². The predicted molar refractivity (Wildman–Crippen MR) is 118 cm³/mol. The van der Waals surface area contributed by atoms with E-state index in [0.29, 0.717) is 12.5 Å². The molecule has 3 heteroatoms. The average molecular weight is 392 g/mol. The molecule has 0 aromatic heterocycles. The monoisotopic (exact) mass is 391 g/mol. The second-order valence-corrected chi connectivity index (χ2v) is 8.25. The van der Waals surface area contributed by atoms with Gasteiger partial charge in [-0.3, -0.25) is 9.69 Å². The molecule has 1 unspecified atom stereocenters. The lowest BCUT2D eigenvalue weighted by atomic mass is 9.85. The van der Waals surface area contributed by atoms with Gasteiger partial charge >= 0.3 is 0 Å². The third-order valence-corrected chi connectivity index (χ3v) is 6.22. The second-order valence-electron chi connectivity index (χ2n) is 8.25. The van der Waals surface area contributed by atoms with E-state index in [4.69, 9.17) is 0 Å². The number of fused-ring (bicyclic) bond motifs is 1. The highest BCUT2D eigenvalue weighted by Crippen LogP contribution is 2.35. The standard InChI is InChI=1S/C26H33NO2/c1-20-9-4-5-10-22(20)15-17-27(16-6-3-7-18-28)26-12-8-11-24-19-23(21(2)29)13-14-25(24)26/h4-5,9-10,13-14,18-19,26H,3,6-8,11-12,15-17H2,1-2H3. The lowest BCUT2D eigenvalue weighted by Crippen LogP contribution is -2.34. The van der Waals surface area contributed by atoms with Crippen molar-refractivity contribution in [2.45, 2.75) is 64.8 Å². The highest BCUT2D eigenvalue weighted by atomic mass is 16.1. The van der Waals surface area contributed by atoms with Crippen LogP contribution in [0, 0.1) is 6.92 Å². The van der Waals surface area contributed by atoms with E-state index in [-0.39, 0.29) is 5.78 Å². The van der Waals surface area contributed by atoms with Gasteiger partial charge in [0.05, 0.1) is 0 Å². The Balaban J connectivity index is 1.79. The first-order valence-electron chi connectivity index (χ1n) is 11.0. The van der Waals surface area contributed by atoms with Crippen LogP contribution in [0.25, 0.3) is 0 Å². The number of hydrogen-bond donors (Lipinski definition) is 0. The summed E-state index contributed by atoms with van der Waals surface area (Å²) in [6.45, 7) is 5.86. The first kappa shape index (κ1) is 21.4. The Hall–Kier alpha value is -2.26. The van der Waals surface area contributed by atoms with Gasteiger partial charge in [-0.1, -0.05) is 36.4 Å². The van der Waals surface area contributed by atoms with E-state index in [0.717, 1.165) is 63.5 Å². The maximum atomic E-state index is 11.8. The van der Waals surface area contributed by atoms with Crippen molar-refractivity contribution in [3.05, 3.63) is 70.3 Å². The summed E-state index contributed by atoms with van der Waals surface area (Å²) in [5.74, 6) is 0.139. The first-order valence-corrected chi connectivity index (χ1v) is 11.0. The largest absolute Gasteiger partial charge is 0.303 e. The fourth-order valence-electron chi connectivity index (χ4n) is 4.51. The zero-order valence-electron chi connectivity index (χ0n) is 17.8. The zero-order chi connectivity index (χ0) is 20.6. The number of carbonyl (C=O) groups excluding carboxylic acids is 2. The van der Waals surface area contributed by atoms with E-state index >= 15 is 0 Å². The lowest BCUT2D eigenvalue weighted by Gasteiger charge is -2.36. The third-order valence-electron chi connectivity index (χ3n) is 6.22. The van der Waals surface area contributed by atoms with Gasteiger partial charge in [0.25, 0.3) is 0 Å². The third kappa shape index (κ3) is 5.63. The summed E-state index contributed by atoms with van der Waals surface area (Å²) < 4.78 is 0. The minimum absolute atomic E-state index is 0.139. The predicted octanol–water partition coefficient (Wildman–Crippen LogP) is 5.49. The van der Waals surface area contributed by atoms with E-state index in [1.807, 2.05) is 6.07 Å². The summed E-state index contributed by atoms with van der Waals surface area (Å²) in [5.41, 5.74) is 6.31. The van der Waals surface area contributed by atoms with Gasteiger partial charge in [0.15, 0.2) is 5.78 Å². The molecule has 0 heterocycles. The van der Waals surface area contributed by atoms with Crippen molar-refractivity contribution in [2.24, 2.45) is 0 Å². The van der Waals surface area contributed by atoms with Gasteiger partial charge in [-0.15, -0.1) is 0 Å². The van der Waals surface area contributed by atoms with Gasteiger partial charge < -0.3 is 4.79 Å². The van der Waals surface area contributed by atoms with Crippen molar-refractivity contribution >= 4 is 12.1 Å². The first-order chi connectivity index (χ1) is 14.1. The number of aryl methyl sites for hydroxylation is 2. The van der Waals surface area contributed by atoms with Crippen LogP contribution in [0.3, 0.4) is 0 Å². The second kappa shape index (κ2) is 10.5. The molecule has 1 aliphatic rings. The fourth-order valence-corrected chi connectivity index (χ4v) is 4.51. The molecular weight excluding hydrogens is 358 g/mol. The number of ketones is 1. The van der Waals surface area contributed by atoms with Crippen molar-refractivity contribution < 1.29 is 9.59 Å². The lowest BCUT2D eigenvalue weighted by molar-refractivity contribution is -0.107. The molecule has 29 heavy (non-hydrogen) atoms. The van der Waals surface area contributed by atoms with E-state index in [9.17, 15) is 9.59 Å². The Kier molecular flexibility index (Phi) is 7.76. The summed E-state index contributed by atoms with van der Waals surface area (Å²) in [6.07, 6.45) is 8.09. The van der Waals surface area contributed by atoms with Crippen molar-refractivity contribution in [2.75, 3.05) is 13.1 Å². The molecule has 0 aliphatic heterocycles. The maximum absolute atomic E-state index is 11.8. The molecule has 3 rings (SSSR count). The van der Waals surface area contributed by atoms with Crippen LogP contribution in [0.1, 0.15) is 77.7 Å². The molecule has 154 valence electrons. The number of rotatable bonds is 10. The molecule has 0 saturated carbocycles. The van der Waals surface area contributed by atoms with Crippen molar-refractivity contribution in [3.8, 4) is 0 Å². The number of unbranched alkanes of at least 4 members (excludes halogenated alkanes) is 2. The smallest absolute Gasteiger partial charge is 0.159 e. The molecule has 3 nitrogen and oxygen atoms in total. The van der Waals surface area contributed by atoms with Crippen LogP contribution in [0.2, 0.25) is 0 Å². The summed E-state index contributed by atoms with van der Waals surface area (Å²) in [6, 6.07) is 15.3. The minimum Gasteiger partial charge on any atom is -0.303 e. The number of Topliss-reactive ketones (excluding diaryl/α,β-unsaturated/α-hetero) is 1. The molecule has 2 aromatic carbocycles. The molecular formula is C26H33NO2. The summed E-state index contributed by atoms with van der Waals surface area (Å²) in [5, 5.41) is 0. The molecule has 0 N–H and O–H groups in total. The summed E-state index contributed by atoms with van der Waals surface area (Å²) >= 11 is 0. The summed E-state index contributed by atoms with van der Waals surface area (Å²) in [7, 11) is 0. The molecule has 0 fully saturated rings. The molecule has 0 saturated heterocycles. The quantitative estimate of drug-likeness (QED) is 0.305. The number of benzene rings is 2. The Morgan fingerprint density at radius 1 is 1.14 bits per heavy atom. The van der Waals surface area contributed by atoms with Crippen molar-refractivity contribution in [1.29, 1.82) is 0 Å². The van der Waals surface area contributed by atoms with Crippen LogP contribution in [0.5, 0.6) is 0 Å². The molecule has 0 radical (unpaired) electrons. The zero-order valence-corrected chi connectivity index (χ0v) is 17.8. The average Bonchev–Trinajstić information content (AvgIpc) is 2.73. The van der Waals surface area contributed by atoms with E-state index in [1.54, 1.807) is 6.92 Å². The van der Waals surface area contributed by atoms with Gasteiger partial charge in [0.1, 0.15) is 6.29 Å². The van der Waals surface area contributed by atoms with Gasteiger partial charge in [-0.2, -0.15) is 0 Å². The molecule has 0 amide bonds.